The van der Waals surface area contributed by atoms with Crippen LogP contribution in [0.2, 0.25) is 5.02 Å². The molecule has 0 saturated heterocycles. The Balaban J connectivity index is 1.95. The van der Waals surface area contributed by atoms with E-state index in [4.69, 9.17) is 11.6 Å². The van der Waals surface area contributed by atoms with Crippen LogP contribution in [-0.4, -0.2) is 27.3 Å². The van der Waals surface area contributed by atoms with Gasteiger partial charge in [0.1, 0.15) is 10.7 Å². The molecular formula is C17H15BrClN3O2S. The van der Waals surface area contributed by atoms with E-state index in [1.807, 2.05) is 18.4 Å². The van der Waals surface area contributed by atoms with Gasteiger partial charge in [-0.2, -0.15) is 0 Å². The van der Waals surface area contributed by atoms with Crippen molar-refractivity contribution in [1.82, 2.24) is 14.9 Å². The van der Waals surface area contributed by atoms with E-state index >= 15 is 0 Å². The molecule has 0 aliphatic rings. The summed E-state index contributed by atoms with van der Waals surface area (Å²) in [5, 5.41) is 2.85. The molecule has 0 aliphatic carbocycles. The molecule has 5 nitrogen and oxygen atoms in total. The van der Waals surface area contributed by atoms with Crippen LogP contribution in [0.3, 0.4) is 0 Å². The zero-order chi connectivity index (χ0) is 18.0. The smallest absolute Gasteiger partial charge is 0.265 e. The first-order valence-electron chi connectivity index (χ1n) is 7.70. The van der Waals surface area contributed by atoms with Gasteiger partial charge in [0, 0.05) is 16.0 Å². The molecule has 8 heteroatoms. The van der Waals surface area contributed by atoms with E-state index in [2.05, 4.69) is 25.9 Å². The van der Waals surface area contributed by atoms with Crippen molar-refractivity contribution in [3.8, 4) is 0 Å². The van der Waals surface area contributed by atoms with Crippen LogP contribution in [0.4, 0.5) is 0 Å². The molecule has 2 heterocycles. The van der Waals surface area contributed by atoms with Gasteiger partial charge < -0.3 is 9.88 Å². The number of fused-ring (bicyclic) bond motifs is 1. The first-order chi connectivity index (χ1) is 12.0. The number of halogens is 2. The molecule has 0 bridgehead atoms. The number of thiophene rings is 1. The van der Waals surface area contributed by atoms with Gasteiger partial charge in [0.05, 0.1) is 17.4 Å². The Morgan fingerprint density at radius 1 is 1.40 bits per heavy atom. The Labute approximate surface area is 161 Å². The third-order valence-corrected chi connectivity index (χ3v) is 5.71. The third-order valence-electron chi connectivity index (χ3n) is 3.65. The number of hydrogen-bond acceptors (Lipinski definition) is 4. The van der Waals surface area contributed by atoms with Crippen molar-refractivity contribution < 1.29 is 4.79 Å². The van der Waals surface area contributed by atoms with E-state index < -0.39 is 0 Å². The number of carbonyl (C=O) groups excluding carboxylic acids is 1. The highest BCUT2D eigenvalue weighted by Gasteiger charge is 2.20. The average molecular weight is 441 g/mol. The van der Waals surface area contributed by atoms with Gasteiger partial charge >= 0.3 is 0 Å². The highest BCUT2D eigenvalue weighted by atomic mass is 79.9. The minimum atomic E-state index is -0.238. The number of carbonyl (C=O) groups is 1. The van der Waals surface area contributed by atoms with Crippen molar-refractivity contribution in [2.24, 2.45) is 0 Å². The molecule has 1 N–H and O–H groups in total. The minimum absolute atomic E-state index is 0.0856. The van der Waals surface area contributed by atoms with Crippen LogP contribution in [0.1, 0.15) is 28.8 Å². The van der Waals surface area contributed by atoms with Gasteiger partial charge in [-0.15, -0.1) is 11.3 Å². The van der Waals surface area contributed by atoms with Crippen molar-refractivity contribution in [3.63, 3.8) is 0 Å². The summed E-state index contributed by atoms with van der Waals surface area (Å²) in [6.45, 7) is 2.80. The average Bonchev–Trinajstić information content (AvgIpc) is 2.99. The summed E-state index contributed by atoms with van der Waals surface area (Å²) in [6.07, 6.45) is 0.804. The first-order valence-corrected chi connectivity index (χ1v) is 9.75. The fourth-order valence-corrected chi connectivity index (χ4v) is 4.20. The monoisotopic (exact) mass is 439 g/mol. The number of H-pyrrole nitrogens is 1. The molecule has 130 valence electrons. The second-order valence-electron chi connectivity index (χ2n) is 5.50. The summed E-state index contributed by atoms with van der Waals surface area (Å²) in [6, 6.07) is 6.80. The van der Waals surface area contributed by atoms with E-state index in [0.717, 1.165) is 10.9 Å². The van der Waals surface area contributed by atoms with Crippen LogP contribution in [0.25, 0.3) is 10.9 Å². The predicted octanol–water partition coefficient (Wildman–Crippen LogP) is 4.45. The quantitative estimate of drug-likeness (QED) is 0.637. The van der Waals surface area contributed by atoms with Crippen molar-refractivity contribution in [2.75, 3.05) is 6.54 Å². The van der Waals surface area contributed by atoms with E-state index in [9.17, 15) is 9.59 Å². The largest absolute Gasteiger partial charge is 0.330 e. The molecule has 1 aromatic carbocycles. The summed E-state index contributed by atoms with van der Waals surface area (Å²) in [4.78, 5) is 34.6. The second-order valence-corrected chi connectivity index (χ2v) is 7.71. The summed E-state index contributed by atoms with van der Waals surface area (Å²) in [5.41, 5.74) is 0.283. The van der Waals surface area contributed by atoms with Crippen LogP contribution in [0.5, 0.6) is 0 Å². The van der Waals surface area contributed by atoms with Crippen LogP contribution in [0, 0.1) is 0 Å². The summed E-state index contributed by atoms with van der Waals surface area (Å²) in [7, 11) is 0. The van der Waals surface area contributed by atoms with E-state index in [0.29, 0.717) is 33.2 Å². The fraction of sp³-hybridized carbons (Fsp3) is 0.235. The maximum atomic E-state index is 12.8. The maximum Gasteiger partial charge on any atom is 0.265 e. The molecule has 0 saturated carbocycles. The normalized spacial score (nSPS) is 11.0. The first kappa shape index (κ1) is 18.1. The zero-order valence-electron chi connectivity index (χ0n) is 13.4. The number of aromatic nitrogens is 2. The lowest BCUT2D eigenvalue weighted by Crippen LogP contribution is -2.32. The van der Waals surface area contributed by atoms with Crippen molar-refractivity contribution >= 4 is 55.7 Å². The standard InChI is InChI=1S/C17H15BrClN3O2S/c1-2-6-22(17(24)15-12(18)5-7-25-15)9-14-20-13-8-10(19)3-4-11(13)16(23)21-14/h3-5,7-8H,2,6,9H2,1H3,(H,20,21,23). The molecule has 0 fully saturated rings. The highest BCUT2D eigenvalue weighted by Crippen LogP contribution is 2.25. The number of hydrogen-bond donors (Lipinski definition) is 1. The van der Waals surface area contributed by atoms with Gasteiger partial charge in [-0.25, -0.2) is 4.98 Å². The molecule has 0 spiro atoms. The van der Waals surface area contributed by atoms with E-state index in [-0.39, 0.29) is 18.0 Å². The number of benzene rings is 1. The molecule has 25 heavy (non-hydrogen) atoms. The molecule has 0 radical (unpaired) electrons. The highest BCUT2D eigenvalue weighted by molar-refractivity contribution is 9.10. The van der Waals surface area contributed by atoms with Crippen LogP contribution in [0.15, 0.2) is 38.9 Å². The summed E-state index contributed by atoms with van der Waals surface area (Å²) < 4.78 is 0.773. The molecule has 1 amide bonds. The predicted molar refractivity (Wildman–Crippen MR) is 104 cm³/mol. The molecule has 0 aliphatic heterocycles. The number of nitrogens with one attached hydrogen (secondary N) is 1. The van der Waals surface area contributed by atoms with Gasteiger partial charge in [0.15, 0.2) is 0 Å². The molecule has 3 rings (SSSR count). The maximum absolute atomic E-state index is 12.8. The van der Waals surface area contributed by atoms with Gasteiger partial charge in [-0.05, 0) is 52.0 Å². The number of rotatable bonds is 5. The number of amides is 1. The lowest BCUT2D eigenvalue weighted by Gasteiger charge is -2.21. The number of aromatic amines is 1. The third kappa shape index (κ3) is 3.94. The summed E-state index contributed by atoms with van der Waals surface area (Å²) in [5.74, 6) is 0.354. The molecule has 0 unspecified atom stereocenters. The zero-order valence-corrected chi connectivity index (χ0v) is 16.5. The molecular weight excluding hydrogens is 426 g/mol. The Kier molecular flexibility index (Phi) is 5.56. The Hall–Kier alpha value is -1.70. The Bertz CT molecular complexity index is 985. The van der Waals surface area contributed by atoms with Crippen LogP contribution >= 0.6 is 38.9 Å². The van der Waals surface area contributed by atoms with Crippen LogP contribution < -0.4 is 5.56 Å². The Morgan fingerprint density at radius 2 is 2.20 bits per heavy atom. The molecule has 3 aromatic rings. The Morgan fingerprint density at radius 3 is 2.88 bits per heavy atom. The van der Waals surface area contributed by atoms with Crippen molar-refractivity contribution in [3.05, 3.63) is 60.2 Å². The lowest BCUT2D eigenvalue weighted by molar-refractivity contribution is 0.0743. The van der Waals surface area contributed by atoms with Gasteiger partial charge in [-0.1, -0.05) is 18.5 Å². The van der Waals surface area contributed by atoms with Gasteiger partial charge in [-0.3, -0.25) is 9.59 Å². The fourth-order valence-electron chi connectivity index (χ4n) is 2.53. The van der Waals surface area contributed by atoms with Gasteiger partial charge in [0.25, 0.3) is 11.5 Å². The SMILES string of the molecule is CCCN(Cc1nc2cc(Cl)ccc2c(=O)[nH]1)C(=O)c1sccc1Br. The summed E-state index contributed by atoms with van der Waals surface area (Å²) >= 11 is 10.8. The van der Waals surface area contributed by atoms with E-state index in [1.165, 1.54) is 11.3 Å². The van der Waals surface area contributed by atoms with Crippen molar-refractivity contribution in [2.45, 2.75) is 19.9 Å². The lowest BCUT2D eigenvalue weighted by atomic mass is 10.2. The van der Waals surface area contributed by atoms with Crippen molar-refractivity contribution in [1.29, 1.82) is 0 Å². The minimum Gasteiger partial charge on any atom is -0.330 e. The number of nitrogens with zero attached hydrogens (tertiary/aromatic N) is 2. The molecule has 0 atom stereocenters. The van der Waals surface area contributed by atoms with Gasteiger partial charge in [0.2, 0.25) is 0 Å². The molecule has 2 aromatic heterocycles. The second kappa shape index (κ2) is 7.68. The van der Waals surface area contributed by atoms with E-state index in [1.54, 1.807) is 23.1 Å². The van der Waals surface area contributed by atoms with Crippen LogP contribution in [-0.2, 0) is 6.54 Å². The topological polar surface area (TPSA) is 66.1 Å².